The van der Waals surface area contributed by atoms with Gasteiger partial charge in [-0.1, -0.05) is 11.6 Å². The summed E-state index contributed by atoms with van der Waals surface area (Å²) in [5.41, 5.74) is 1.23. The Morgan fingerprint density at radius 3 is 2.84 bits per heavy atom. The van der Waals surface area contributed by atoms with Crippen molar-refractivity contribution in [1.82, 2.24) is 18.8 Å². The summed E-state index contributed by atoms with van der Waals surface area (Å²) in [5.74, 6) is -1.13. The Labute approximate surface area is 194 Å². The van der Waals surface area contributed by atoms with Gasteiger partial charge in [-0.15, -0.1) is 11.3 Å². The summed E-state index contributed by atoms with van der Waals surface area (Å²) in [6, 6.07) is 6.04. The number of rotatable bonds is 5. The molecule has 0 radical (unpaired) electrons. The smallest absolute Gasteiger partial charge is 0.280 e. The molecule has 32 heavy (non-hydrogen) atoms. The van der Waals surface area contributed by atoms with Crippen molar-refractivity contribution in [2.75, 3.05) is 12.4 Å². The van der Waals surface area contributed by atoms with Crippen LogP contribution in [-0.4, -0.2) is 41.5 Å². The van der Waals surface area contributed by atoms with E-state index < -0.39 is 34.0 Å². The number of aromatic nitrogens is 2. The lowest BCUT2D eigenvalue weighted by Crippen LogP contribution is -2.55. The van der Waals surface area contributed by atoms with Crippen molar-refractivity contribution in [2.45, 2.75) is 32.0 Å². The predicted octanol–water partition coefficient (Wildman–Crippen LogP) is 3.64. The van der Waals surface area contributed by atoms with Crippen molar-refractivity contribution < 1.29 is 17.6 Å². The zero-order valence-electron chi connectivity index (χ0n) is 17.2. The van der Waals surface area contributed by atoms with Crippen LogP contribution in [0.15, 0.2) is 42.7 Å². The van der Waals surface area contributed by atoms with Crippen LogP contribution < -0.4 is 10.0 Å². The van der Waals surface area contributed by atoms with E-state index in [1.807, 2.05) is 29.9 Å². The van der Waals surface area contributed by atoms with E-state index in [-0.39, 0.29) is 17.1 Å². The molecule has 1 aliphatic rings. The normalized spacial score (nSPS) is 20.9. The van der Waals surface area contributed by atoms with E-state index in [0.29, 0.717) is 0 Å². The quantitative estimate of drug-likeness (QED) is 0.562. The number of hydrogen-bond donors (Lipinski definition) is 2. The van der Waals surface area contributed by atoms with Gasteiger partial charge in [-0.05, 0) is 43.7 Å². The average Bonchev–Trinajstić information content (AvgIpc) is 3.42. The summed E-state index contributed by atoms with van der Waals surface area (Å²) < 4.78 is 44.3. The Balaban J connectivity index is 1.56. The Kier molecular flexibility index (Phi) is 6.37. The molecule has 4 rings (SSSR count). The van der Waals surface area contributed by atoms with Gasteiger partial charge >= 0.3 is 0 Å². The first-order valence-corrected chi connectivity index (χ1v) is 12.4. The van der Waals surface area contributed by atoms with Crippen molar-refractivity contribution in [2.24, 2.45) is 0 Å². The summed E-state index contributed by atoms with van der Waals surface area (Å²) in [6.07, 6.45) is 3.92. The number of likely N-dealkylation sites (N-methyl/N-ethyl adjacent to an activating group) is 1. The summed E-state index contributed by atoms with van der Waals surface area (Å²) in [4.78, 5) is 14.7. The van der Waals surface area contributed by atoms with Crippen LogP contribution in [0, 0.1) is 5.82 Å². The standard InChI is InChI=1S/C20H21ClFN5O3S2/c1-3-27-11-12(10-23-27)18-6-7-19(31-18)16-9-17(26(2)32(29,30)25-16)20(28)24-13-4-5-15(22)14(21)8-13/h4-8,10-11,16-17,25H,3,9H2,1-2H3,(H,24,28). The molecule has 2 aromatic heterocycles. The zero-order chi connectivity index (χ0) is 23.0. The highest BCUT2D eigenvalue weighted by Crippen LogP contribution is 2.36. The second kappa shape index (κ2) is 8.91. The number of carbonyl (C=O) groups excluding carboxylic acids is 1. The number of benzene rings is 1. The molecule has 1 fully saturated rings. The van der Waals surface area contributed by atoms with Gasteiger partial charge in [-0.2, -0.15) is 22.5 Å². The number of amides is 1. The summed E-state index contributed by atoms with van der Waals surface area (Å²) >= 11 is 7.23. The Morgan fingerprint density at radius 2 is 2.16 bits per heavy atom. The second-order valence-corrected chi connectivity index (χ2v) is 10.6. The van der Waals surface area contributed by atoms with E-state index in [0.717, 1.165) is 32.2 Å². The summed E-state index contributed by atoms with van der Waals surface area (Å²) in [7, 11) is -2.54. The first-order chi connectivity index (χ1) is 15.2. The Bertz CT molecular complexity index is 1260. The van der Waals surface area contributed by atoms with Crippen molar-refractivity contribution in [3.05, 3.63) is 58.4 Å². The molecule has 1 aliphatic heterocycles. The molecule has 0 spiro atoms. The molecule has 8 nitrogen and oxygen atoms in total. The number of anilines is 1. The Morgan fingerprint density at radius 1 is 1.38 bits per heavy atom. The number of thiophene rings is 1. The minimum atomic E-state index is -3.89. The highest BCUT2D eigenvalue weighted by atomic mass is 35.5. The van der Waals surface area contributed by atoms with E-state index in [9.17, 15) is 17.6 Å². The van der Waals surface area contributed by atoms with Crippen LogP contribution in [-0.2, 0) is 21.5 Å². The molecular formula is C20H21ClFN5O3S2. The van der Waals surface area contributed by atoms with Crippen LogP contribution in [0.25, 0.3) is 10.4 Å². The van der Waals surface area contributed by atoms with Crippen LogP contribution in [0.3, 0.4) is 0 Å². The lowest BCUT2D eigenvalue weighted by atomic mass is 10.1. The maximum absolute atomic E-state index is 13.4. The average molecular weight is 498 g/mol. The monoisotopic (exact) mass is 497 g/mol. The fourth-order valence-electron chi connectivity index (χ4n) is 3.46. The summed E-state index contributed by atoms with van der Waals surface area (Å²) in [6.45, 7) is 2.75. The van der Waals surface area contributed by atoms with Crippen LogP contribution >= 0.6 is 22.9 Å². The first kappa shape index (κ1) is 22.9. The Hall–Kier alpha value is -2.31. The third-order valence-corrected chi connectivity index (χ3v) is 8.40. The molecule has 3 aromatic rings. The molecule has 2 N–H and O–H groups in total. The van der Waals surface area contributed by atoms with Gasteiger partial charge in [0.15, 0.2) is 0 Å². The third kappa shape index (κ3) is 4.57. The molecular weight excluding hydrogens is 477 g/mol. The van der Waals surface area contributed by atoms with E-state index in [4.69, 9.17) is 11.6 Å². The molecule has 1 amide bonds. The maximum Gasteiger partial charge on any atom is 0.280 e. The molecule has 0 aliphatic carbocycles. The molecule has 170 valence electrons. The minimum absolute atomic E-state index is 0.135. The molecule has 2 atom stereocenters. The highest BCUT2D eigenvalue weighted by molar-refractivity contribution is 7.87. The zero-order valence-corrected chi connectivity index (χ0v) is 19.6. The lowest BCUT2D eigenvalue weighted by Gasteiger charge is -2.35. The summed E-state index contributed by atoms with van der Waals surface area (Å²) in [5, 5.41) is 6.77. The van der Waals surface area contributed by atoms with E-state index in [1.54, 1.807) is 6.20 Å². The largest absolute Gasteiger partial charge is 0.325 e. The number of hydrogen-bond acceptors (Lipinski definition) is 5. The lowest BCUT2D eigenvalue weighted by molar-refractivity contribution is -0.120. The number of carbonyl (C=O) groups is 1. The van der Waals surface area contributed by atoms with Gasteiger partial charge in [0.1, 0.15) is 11.9 Å². The van der Waals surface area contributed by atoms with Gasteiger partial charge in [0.2, 0.25) is 5.91 Å². The molecule has 0 saturated carbocycles. The number of aryl methyl sites for hydroxylation is 1. The van der Waals surface area contributed by atoms with Gasteiger partial charge in [-0.3, -0.25) is 9.48 Å². The van der Waals surface area contributed by atoms with Crippen molar-refractivity contribution in [3.8, 4) is 10.4 Å². The van der Waals surface area contributed by atoms with Crippen LogP contribution in [0.4, 0.5) is 10.1 Å². The highest BCUT2D eigenvalue weighted by Gasteiger charge is 2.41. The van der Waals surface area contributed by atoms with Gasteiger partial charge in [0.05, 0.1) is 17.3 Å². The van der Waals surface area contributed by atoms with Gasteiger partial charge in [0, 0.05) is 40.8 Å². The van der Waals surface area contributed by atoms with Crippen LogP contribution in [0.5, 0.6) is 0 Å². The molecule has 1 aromatic carbocycles. The SMILES string of the molecule is CCn1cc(-c2ccc(C3CC(C(=O)Nc4ccc(F)c(Cl)c4)N(C)S(=O)(=O)N3)s2)cn1. The molecule has 12 heteroatoms. The topological polar surface area (TPSA) is 96.3 Å². The number of nitrogens with one attached hydrogen (secondary N) is 2. The fraction of sp³-hybridized carbons (Fsp3) is 0.300. The third-order valence-electron chi connectivity index (χ3n) is 5.27. The van der Waals surface area contributed by atoms with Crippen LogP contribution in [0.2, 0.25) is 5.02 Å². The van der Waals surface area contributed by atoms with Crippen molar-refractivity contribution in [1.29, 1.82) is 0 Å². The first-order valence-electron chi connectivity index (χ1n) is 9.81. The van der Waals surface area contributed by atoms with E-state index >= 15 is 0 Å². The maximum atomic E-state index is 13.4. The molecule has 0 bridgehead atoms. The van der Waals surface area contributed by atoms with Gasteiger partial charge in [-0.25, -0.2) is 4.39 Å². The van der Waals surface area contributed by atoms with Crippen molar-refractivity contribution in [3.63, 3.8) is 0 Å². The fourth-order valence-corrected chi connectivity index (χ4v) is 6.02. The van der Waals surface area contributed by atoms with Gasteiger partial charge < -0.3 is 5.32 Å². The van der Waals surface area contributed by atoms with Gasteiger partial charge in [0.25, 0.3) is 10.2 Å². The minimum Gasteiger partial charge on any atom is -0.325 e. The van der Waals surface area contributed by atoms with E-state index in [1.165, 1.54) is 30.5 Å². The second-order valence-electron chi connectivity index (χ2n) is 7.35. The molecule has 1 saturated heterocycles. The molecule has 3 heterocycles. The van der Waals surface area contributed by atoms with E-state index in [2.05, 4.69) is 15.1 Å². The van der Waals surface area contributed by atoms with Crippen molar-refractivity contribution >= 4 is 44.7 Å². The molecule has 2 unspecified atom stereocenters. The number of halogens is 2. The predicted molar refractivity (Wildman–Crippen MR) is 122 cm³/mol. The number of nitrogens with zero attached hydrogens (tertiary/aromatic N) is 3. The van der Waals surface area contributed by atoms with Crippen LogP contribution in [0.1, 0.15) is 24.3 Å².